The van der Waals surface area contributed by atoms with Gasteiger partial charge in [0.2, 0.25) is 6.29 Å². The Morgan fingerprint density at radius 3 is 2.38 bits per heavy atom. The van der Waals surface area contributed by atoms with Gasteiger partial charge in [-0.15, -0.1) is 0 Å². The lowest BCUT2D eigenvalue weighted by Gasteiger charge is -2.39. The Balaban J connectivity index is 2.33. The van der Waals surface area contributed by atoms with Crippen molar-refractivity contribution < 1.29 is 40.1 Å². The Kier molecular flexibility index (Phi) is 5.89. The van der Waals surface area contributed by atoms with Gasteiger partial charge in [-0.25, -0.2) is 0 Å². The molecule has 0 spiro atoms. The zero-order valence-corrected chi connectivity index (χ0v) is 13.5. The molecule has 8 nitrogen and oxygen atoms in total. The van der Waals surface area contributed by atoms with Gasteiger partial charge in [-0.1, -0.05) is 13.8 Å². The summed E-state index contributed by atoms with van der Waals surface area (Å²) < 4.78 is 10.8. The topological polar surface area (TPSA) is 140 Å². The number of phenols is 2. The first-order chi connectivity index (χ1) is 11.3. The molecule has 0 radical (unpaired) electrons. The van der Waals surface area contributed by atoms with Gasteiger partial charge in [0, 0.05) is 11.6 Å². The summed E-state index contributed by atoms with van der Waals surface area (Å²) in [5.41, 5.74) is 0.506. The first-order valence-corrected chi connectivity index (χ1v) is 7.83. The van der Waals surface area contributed by atoms with E-state index in [1.807, 2.05) is 13.8 Å². The highest BCUT2D eigenvalue weighted by Gasteiger charge is 2.45. The predicted octanol–water partition coefficient (Wildman–Crippen LogP) is -0.210. The number of ether oxygens (including phenoxy) is 2. The maximum atomic E-state index is 10.1. The molecule has 1 aliphatic heterocycles. The van der Waals surface area contributed by atoms with Crippen LogP contribution in [-0.4, -0.2) is 68.0 Å². The Hall–Kier alpha value is -1.58. The van der Waals surface area contributed by atoms with E-state index < -0.39 is 37.3 Å². The summed E-state index contributed by atoms with van der Waals surface area (Å²) >= 11 is 0. The number of phenolic OH excluding ortho intramolecular Hbond substituents is 2. The molecule has 0 saturated carbocycles. The highest BCUT2D eigenvalue weighted by Crippen LogP contribution is 2.41. The number of rotatable bonds is 5. The van der Waals surface area contributed by atoms with E-state index in [-0.39, 0.29) is 23.2 Å². The first-order valence-electron chi connectivity index (χ1n) is 7.83. The maximum Gasteiger partial charge on any atom is 0.229 e. The van der Waals surface area contributed by atoms with E-state index in [2.05, 4.69) is 0 Å². The molecule has 6 atom stereocenters. The third kappa shape index (κ3) is 3.57. The number of benzene rings is 1. The minimum absolute atomic E-state index is 0.00600. The standard InChI is InChI=1S/C16H24O8/c1-3-7(2)9-4-8(18)5-10(19)15(9)24-16-14(22)13(21)12(20)11(6-17)23-16/h4-5,7,11-14,16-22H,3,6H2,1-2H3/t7-,11+,12+,13-,14-,16-/m0/s1. The summed E-state index contributed by atoms with van der Waals surface area (Å²) in [5, 5.41) is 58.6. The smallest absolute Gasteiger partial charge is 0.229 e. The maximum absolute atomic E-state index is 10.1. The van der Waals surface area contributed by atoms with Crippen molar-refractivity contribution in [3.05, 3.63) is 17.7 Å². The fourth-order valence-corrected chi connectivity index (χ4v) is 2.62. The normalized spacial score (nSPS) is 31.7. The number of aromatic hydroxyl groups is 2. The monoisotopic (exact) mass is 344 g/mol. The molecule has 1 heterocycles. The molecule has 8 heteroatoms. The lowest BCUT2D eigenvalue weighted by atomic mass is 9.96. The second-order valence-electron chi connectivity index (χ2n) is 6.01. The number of aliphatic hydroxyl groups excluding tert-OH is 4. The van der Waals surface area contributed by atoms with E-state index in [0.29, 0.717) is 12.0 Å². The van der Waals surface area contributed by atoms with E-state index in [9.17, 15) is 30.6 Å². The van der Waals surface area contributed by atoms with Gasteiger partial charge in [0.1, 0.15) is 30.2 Å². The molecule has 136 valence electrons. The minimum atomic E-state index is -1.58. The van der Waals surface area contributed by atoms with Gasteiger partial charge in [-0.05, 0) is 18.4 Å². The average Bonchev–Trinajstić information content (AvgIpc) is 2.56. The molecule has 1 fully saturated rings. The largest absolute Gasteiger partial charge is 0.508 e. The highest BCUT2D eigenvalue weighted by atomic mass is 16.7. The lowest BCUT2D eigenvalue weighted by Crippen LogP contribution is -2.60. The average molecular weight is 344 g/mol. The van der Waals surface area contributed by atoms with Crippen LogP contribution in [-0.2, 0) is 4.74 Å². The van der Waals surface area contributed by atoms with Gasteiger partial charge in [0.15, 0.2) is 11.5 Å². The van der Waals surface area contributed by atoms with Gasteiger partial charge < -0.3 is 40.1 Å². The molecule has 1 aromatic rings. The predicted molar refractivity (Wildman–Crippen MR) is 82.9 cm³/mol. The van der Waals surface area contributed by atoms with Crippen LogP contribution in [0.4, 0.5) is 0 Å². The summed E-state index contributed by atoms with van der Waals surface area (Å²) in [4.78, 5) is 0. The fourth-order valence-electron chi connectivity index (χ4n) is 2.62. The highest BCUT2D eigenvalue weighted by molar-refractivity contribution is 5.52. The Morgan fingerprint density at radius 2 is 1.79 bits per heavy atom. The molecule has 1 aliphatic rings. The summed E-state index contributed by atoms with van der Waals surface area (Å²) in [5.74, 6) is -0.541. The molecule has 0 amide bonds. The number of hydrogen-bond donors (Lipinski definition) is 6. The number of aliphatic hydroxyl groups is 4. The Labute approximate surface area is 139 Å². The van der Waals surface area contributed by atoms with Crippen LogP contribution in [0.15, 0.2) is 12.1 Å². The molecule has 0 bridgehead atoms. The summed E-state index contributed by atoms with van der Waals surface area (Å²) in [6.45, 7) is 3.21. The number of hydrogen-bond acceptors (Lipinski definition) is 8. The molecule has 0 aliphatic carbocycles. The molecular weight excluding hydrogens is 320 g/mol. The van der Waals surface area contributed by atoms with E-state index in [4.69, 9.17) is 9.47 Å². The van der Waals surface area contributed by atoms with Crippen LogP contribution in [0.1, 0.15) is 31.7 Å². The van der Waals surface area contributed by atoms with Crippen molar-refractivity contribution in [1.29, 1.82) is 0 Å². The van der Waals surface area contributed by atoms with Crippen LogP contribution >= 0.6 is 0 Å². The van der Waals surface area contributed by atoms with Crippen molar-refractivity contribution in [2.75, 3.05) is 6.61 Å². The zero-order chi connectivity index (χ0) is 18.0. The third-order valence-corrected chi connectivity index (χ3v) is 4.31. The lowest BCUT2D eigenvalue weighted by molar-refractivity contribution is -0.277. The molecule has 24 heavy (non-hydrogen) atoms. The van der Waals surface area contributed by atoms with Gasteiger partial charge in [-0.2, -0.15) is 0 Å². The third-order valence-electron chi connectivity index (χ3n) is 4.31. The van der Waals surface area contributed by atoms with E-state index in [1.165, 1.54) is 6.07 Å². The fraction of sp³-hybridized carbons (Fsp3) is 0.625. The van der Waals surface area contributed by atoms with Crippen LogP contribution in [0.5, 0.6) is 17.2 Å². The molecule has 0 aromatic heterocycles. The van der Waals surface area contributed by atoms with Crippen LogP contribution in [0.3, 0.4) is 0 Å². The molecule has 0 unspecified atom stereocenters. The Morgan fingerprint density at radius 1 is 1.12 bits per heavy atom. The molecule has 2 rings (SSSR count). The van der Waals surface area contributed by atoms with Gasteiger partial charge >= 0.3 is 0 Å². The van der Waals surface area contributed by atoms with Crippen LogP contribution in [0.2, 0.25) is 0 Å². The van der Waals surface area contributed by atoms with Crippen molar-refractivity contribution in [2.24, 2.45) is 0 Å². The second kappa shape index (κ2) is 7.54. The van der Waals surface area contributed by atoms with Crippen LogP contribution in [0, 0.1) is 0 Å². The molecular formula is C16H24O8. The van der Waals surface area contributed by atoms with Gasteiger partial charge in [-0.3, -0.25) is 0 Å². The second-order valence-corrected chi connectivity index (χ2v) is 6.01. The summed E-state index contributed by atoms with van der Waals surface area (Å²) in [6.07, 6.45) is -6.47. The minimum Gasteiger partial charge on any atom is -0.508 e. The van der Waals surface area contributed by atoms with Crippen molar-refractivity contribution in [3.8, 4) is 17.2 Å². The van der Waals surface area contributed by atoms with Crippen molar-refractivity contribution in [3.63, 3.8) is 0 Å². The van der Waals surface area contributed by atoms with Crippen LogP contribution < -0.4 is 4.74 Å². The SMILES string of the molecule is CC[C@H](C)c1cc(O)cc(O)c1O[C@@H]1O[C@H](CO)[C@@H](O)[C@H](O)[C@@H]1O. The molecule has 1 saturated heterocycles. The van der Waals surface area contributed by atoms with E-state index in [1.54, 1.807) is 0 Å². The van der Waals surface area contributed by atoms with Gasteiger partial charge in [0.25, 0.3) is 0 Å². The summed E-state index contributed by atoms with van der Waals surface area (Å²) in [7, 11) is 0. The van der Waals surface area contributed by atoms with Crippen molar-refractivity contribution in [1.82, 2.24) is 0 Å². The zero-order valence-electron chi connectivity index (χ0n) is 13.5. The van der Waals surface area contributed by atoms with Crippen LogP contribution in [0.25, 0.3) is 0 Å². The van der Waals surface area contributed by atoms with E-state index in [0.717, 1.165) is 6.07 Å². The quantitative estimate of drug-likeness (QED) is 0.431. The first kappa shape index (κ1) is 18.8. The summed E-state index contributed by atoms with van der Waals surface area (Å²) in [6, 6.07) is 2.53. The Bertz CT molecular complexity index is 561. The molecule has 6 N–H and O–H groups in total. The molecule has 1 aromatic carbocycles. The van der Waals surface area contributed by atoms with Gasteiger partial charge in [0.05, 0.1) is 6.61 Å². The van der Waals surface area contributed by atoms with Crippen molar-refractivity contribution in [2.45, 2.75) is 56.9 Å². The van der Waals surface area contributed by atoms with Crippen molar-refractivity contribution >= 4 is 0 Å². The van der Waals surface area contributed by atoms with E-state index >= 15 is 0 Å².